The number of hydrogen-bond donors (Lipinski definition) is 1. The molecule has 0 aliphatic rings. The van der Waals surface area contributed by atoms with Gasteiger partial charge in [0, 0.05) is 18.2 Å². The number of nitrogens with zero attached hydrogens (tertiary/aromatic N) is 1. The molecular formula is C14H16N2O3. The van der Waals surface area contributed by atoms with E-state index in [4.69, 9.17) is 9.47 Å². The first kappa shape index (κ1) is 13.3. The van der Waals surface area contributed by atoms with Gasteiger partial charge >= 0.3 is 6.09 Å². The lowest BCUT2D eigenvalue weighted by Crippen LogP contribution is -2.26. The van der Waals surface area contributed by atoms with E-state index in [0.29, 0.717) is 6.61 Å². The number of carbonyl (C=O) groups excluding carboxylic acids is 1. The first-order chi connectivity index (χ1) is 9.29. The van der Waals surface area contributed by atoms with Crippen molar-refractivity contribution in [1.82, 2.24) is 10.3 Å². The van der Waals surface area contributed by atoms with Gasteiger partial charge in [0.05, 0.1) is 5.52 Å². The number of aromatic nitrogens is 1. The molecule has 1 aromatic carbocycles. The molecule has 2 aromatic rings. The first-order valence-electron chi connectivity index (χ1n) is 6.11. The van der Waals surface area contributed by atoms with Crippen molar-refractivity contribution >= 4 is 17.0 Å². The van der Waals surface area contributed by atoms with E-state index in [9.17, 15) is 4.79 Å². The first-order valence-corrected chi connectivity index (χ1v) is 6.11. The van der Waals surface area contributed by atoms with Crippen LogP contribution in [0.1, 0.15) is 12.5 Å². The third-order valence-electron chi connectivity index (χ3n) is 2.56. The van der Waals surface area contributed by atoms with Crippen LogP contribution in [0.4, 0.5) is 4.79 Å². The van der Waals surface area contributed by atoms with Crippen LogP contribution >= 0.6 is 0 Å². The molecule has 0 aliphatic carbocycles. The van der Waals surface area contributed by atoms with Gasteiger partial charge in [-0.05, 0) is 30.7 Å². The Morgan fingerprint density at radius 3 is 3.11 bits per heavy atom. The Morgan fingerprint density at radius 1 is 1.37 bits per heavy atom. The molecule has 0 unspecified atom stereocenters. The molecule has 19 heavy (non-hydrogen) atoms. The molecule has 0 bridgehead atoms. The molecule has 1 heterocycles. The quantitative estimate of drug-likeness (QED) is 0.662. The van der Waals surface area contributed by atoms with Gasteiger partial charge in [-0.1, -0.05) is 12.1 Å². The number of carbonyl (C=O) groups is 1. The van der Waals surface area contributed by atoms with Crippen LogP contribution in [-0.2, 0) is 16.1 Å². The molecule has 0 saturated heterocycles. The topological polar surface area (TPSA) is 60.5 Å². The van der Waals surface area contributed by atoms with Crippen molar-refractivity contribution in [3.05, 3.63) is 42.1 Å². The van der Waals surface area contributed by atoms with Crippen molar-refractivity contribution in [3.8, 4) is 0 Å². The highest BCUT2D eigenvalue weighted by atomic mass is 16.6. The predicted octanol–water partition coefficient (Wildman–Crippen LogP) is 2.46. The van der Waals surface area contributed by atoms with E-state index < -0.39 is 6.09 Å². The monoisotopic (exact) mass is 260 g/mol. The molecule has 0 fully saturated rings. The summed E-state index contributed by atoms with van der Waals surface area (Å²) in [5.74, 6) is 0. The van der Waals surface area contributed by atoms with Crippen molar-refractivity contribution in [3.63, 3.8) is 0 Å². The molecule has 0 spiro atoms. The molecule has 1 amide bonds. The van der Waals surface area contributed by atoms with Gasteiger partial charge in [0.15, 0.2) is 0 Å². The summed E-state index contributed by atoms with van der Waals surface area (Å²) in [4.78, 5) is 15.6. The number of benzene rings is 1. The summed E-state index contributed by atoms with van der Waals surface area (Å²) in [5.41, 5.74) is 1.85. The summed E-state index contributed by atoms with van der Waals surface area (Å²) in [6.07, 6.45) is 1.26. The third kappa shape index (κ3) is 3.93. The van der Waals surface area contributed by atoms with Crippen molar-refractivity contribution in [1.29, 1.82) is 0 Å². The van der Waals surface area contributed by atoms with E-state index in [0.717, 1.165) is 16.5 Å². The summed E-state index contributed by atoms with van der Waals surface area (Å²) in [6.45, 7) is 2.80. The highest BCUT2D eigenvalue weighted by Crippen LogP contribution is 2.13. The van der Waals surface area contributed by atoms with E-state index in [1.54, 1.807) is 6.20 Å². The highest BCUT2D eigenvalue weighted by molar-refractivity contribution is 5.79. The van der Waals surface area contributed by atoms with Crippen LogP contribution in [0.5, 0.6) is 0 Å². The lowest BCUT2D eigenvalue weighted by molar-refractivity contribution is 0.0988. The molecule has 5 heteroatoms. The Balaban J connectivity index is 1.89. The largest absolute Gasteiger partial charge is 0.445 e. The van der Waals surface area contributed by atoms with Crippen LogP contribution in [0.25, 0.3) is 10.9 Å². The van der Waals surface area contributed by atoms with Crippen molar-refractivity contribution < 1.29 is 14.3 Å². The number of ether oxygens (including phenoxy) is 2. The highest BCUT2D eigenvalue weighted by Gasteiger charge is 2.02. The smallest absolute Gasteiger partial charge is 0.409 e. The molecule has 0 radical (unpaired) electrons. The number of rotatable bonds is 5. The average molecular weight is 260 g/mol. The zero-order chi connectivity index (χ0) is 13.5. The molecule has 1 aromatic heterocycles. The minimum atomic E-state index is -0.486. The molecule has 5 nitrogen and oxygen atoms in total. The SMILES string of the molecule is CCOCNC(=O)OCc1ccc2ncccc2c1. The van der Waals surface area contributed by atoms with Crippen molar-refractivity contribution in [2.75, 3.05) is 13.3 Å². The van der Waals surface area contributed by atoms with E-state index >= 15 is 0 Å². The van der Waals surface area contributed by atoms with Crippen LogP contribution in [0, 0.1) is 0 Å². The number of nitrogens with one attached hydrogen (secondary N) is 1. The standard InChI is InChI=1S/C14H16N2O3/c1-2-18-10-16-14(17)19-9-11-5-6-13-12(8-11)4-3-7-15-13/h3-8H,2,9-10H2,1H3,(H,16,17). The second-order valence-electron chi connectivity index (χ2n) is 3.92. The molecule has 0 aliphatic heterocycles. The van der Waals surface area contributed by atoms with E-state index in [1.807, 2.05) is 37.3 Å². The minimum Gasteiger partial charge on any atom is -0.445 e. The molecule has 0 saturated carbocycles. The summed E-state index contributed by atoms with van der Waals surface area (Å²) >= 11 is 0. The maximum Gasteiger partial charge on any atom is 0.409 e. The maximum absolute atomic E-state index is 11.3. The van der Waals surface area contributed by atoms with Crippen LogP contribution in [0.2, 0.25) is 0 Å². The molecule has 1 N–H and O–H groups in total. The number of hydrogen-bond acceptors (Lipinski definition) is 4. The van der Waals surface area contributed by atoms with E-state index in [1.165, 1.54) is 0 Å². The fourth-order valence-corrected chi connectivity index (χ4v) is 1.63. The lowest BCUT2D eigenvalue weighted by atomic mass is 10.1. The van der Waals surface area contributed by atoms with Gasteiger partial charge in [-0.3, -0.25) is 10.3 Å². The predicted molar refractivity (Wildman–Crippen MR) is 71.6 cm³/mol. The number of pyridine rings is 1. The zero-order valence-corrected chi connectivity index (χ0v) is 10.8. The Hall–Kier alpha value is -2.14. The number of amides is 1. The van der Waals surface area contributed by atoms with Crippen LogP contribution < -0.4 is 5.32 Å². The molecule has 0 atom stereocenters. The average Bonchev–Trinajstić information content (AvgIpc) is 2.45. The van der Waals surface area contributed by atoms with Crippen molar-refractivity contribution in [2.24, 2.45) is 0 Å². The van der Waals surface area contributed by atoms with E-state index in [-0.39, 0.29) is 13.3 Å². The molecular weight excluding hydrogens is 244 g/mol. The number of alkyl carbamates (subject to hydrolysis) is 1. The van der Waals surface area contributed by atoms with E-state index in [2.05, 4.69) is 10.3 Å². The Labute approximate surface area is 111 Å². The second kappa shape index (κ2) is 6.70. The van der Waals surface area contributed by atoms with Crippen molar-refractivity contribution in [2.45, 2.75) is 13.5 Å². The lowest BCUT2D eigenvalue weighted by Gasteiger charge is -2.07. The van der Waals surface area contributed by atoms with Crippen LogP contribution in [0.15, 0.2) is 36.5 Å². The van der Waals surface area contributed by atoms with Gasteiger partial charge in [0.2, 0.25) is 0 Å². The fraction of sp³-hybridized carbons (Fsp3) is 0.286. The minimum absolute atomic E-state index is 0.164. The van der Waals surface area contributed by atoms with Gasteiger partial charge in [-0.2, -0.15) is 0 Å². The van der Waals surface area contributed by atoms with Gasteiger partial charge in [-0.15, -0.1) is 0 Å². The summed E-state index contributed by atoms with van der Waals surface area (Å²) < 4.78 is 10.1. The molecule has 2 rings (SSSR count). The zero-order valence-electron chi connectivity index (χ0n) is 10.8. The summed E-state index contributed by atoms with van der Waals surface area (Å²) in [6, 6.07) is 9.61. The van der Waals surface area contributed by atoms with Gasteiger partial charge < -0.3 is 9.47 Å². The Kier molecular flexibility index (Phi) is 4.69. The second-order valence-corrected chi connectivity index (χ2v) is 3.92. The maximum atomic E-state index is 11.3. The number of fused-ring (bicyclic) bond motifs is 1. The Bertz CT molecular complexity index is 557. The van der Waals surface area contributed by atoms with Crippen LogP contribution in [0.3, 0.4) is 0 Å². The molecule has 100 valence electrons. The van der Waals surface area contributed by atoms with Gasteiger partial charge in [0.1, 0.15) is 13.3 Å². The summed E-state index contributed by atoms with van der Waals surface area (Å²) in [5, 5.41) is 3.52. The van der Waals surface area contributed by atoms with Gasteiger partial charge in [-0.25, -0.2) is 4.79 Å². The third-order valence-corrected chi connectivity index (χ3v) is 2.56. The Morgan fingerprint density at radius 2 is 2.26 bits per heavy atom. The summed E-state index contributed by atoms with van der Waals surface area (Å²) in [7, 11) is 0. The van der Waals surface area contributed by atoms with Gasteiger partial charge in [0.25, 0.3) is 0 Å². The normalized spacial score (nSPS) is 10.4. The fourth-order valence-electron chi connectivity index (χ4n) is 1.63. The van der Waals surface area contributed by atoms with Crippen LogP contribution in [-0.4, -0.2) is 24.4 Å².